The van der Waals surface area contributed by atoms with Crippen molar-refractivity contribution in [3.8, 4) is 0 Å². The predicted octanol–water partition coefficient (Wildman–Crippen LogP) is 3.81. The number of allylic oxidation sites excluding steroid dienone is 7. The summed E-state index contributed by atoms with van der Waals surface area (Å²) in [6.07, 6.45) is 7.73. The van der Waals surface area contributed by atoms with Gasteiger partial charge in [-0.15, -0.1) is 0 Å². The van der Waals surface area contributed by atoms with Crippen molar-refractivity contribution in [2.75, 3.05) is 0 Å². The Kier molecular flexibility index (Phi) is 4.78. The van der Waals surface area contributed by atoms with Gasteiger partial charge in [0.1, 0.15) is 0 Å². The molecule has 0 aliphatic heterocycles. The molecule has 0 nitrogen and oxygen atoms in total. The minimum atomic E-state index is 0.927. The van der Waals surface area contributed by atoms with Crippen LogP contribution >= 0.6 is 0 Å². The average Bonchev–Trinajstić information content (AvgIpc) is 2.00. The molecule has 0 fully saturated rings. The van der Waals surface area contributed by atoms with Gasteiger partial charge in [0.25, 0.3) is 0 Å². The van der Waals surface area contributed by atoms with Crippen LogP contribution in [0.4, 0.5) is 0 Å². The zero-order valence-electron chi connectivity index (χ0n) is 7.93. The van der Waals surface area contributed by atoms with E-state index in [0.29, 0.717) is 0 Å². The van der Waals surface area contributed by atoms with Gasteiger partial charge in [-0.3, -0.25) is 0 Å². The van der Waals surface area contributed by atoms with Crippen LogP contribution in [0.1, 0.15) is 13.8 Å². The van der Waals surface area contributed by atoms with E-state index in [2.05, 4.69) is 19.7 Å². The molecular formula is C12H16. The van der Waals surface area contributed by atoms with E-state index in [0.717, 1.165) is 16.7 Å². The summed E-state index contributed by atoms with van der Waals surface area (Å²) in [7, 11) is 0. The molecule has 0 aliphatic rings. The maximum absolute atomic E-state index is 3.87. The van der Waals surface area contributed by atoms with Crippen molar-refractivity contribution < 1.29 is 0 Å². The van der Waals surface area contributed by atoms with Crippen LogP contribution in [-0.4, -0.2) is 0 Å². The van der Waals surface area contributed by atoms with Gasteiger partial charge in [0.05, 0.1) is 0 Å². The van der Waals surface area contributed by atoms with Crippen molar-refractivity contribution >= 4 is 0 Å². The molecule has 0 aromatic rings. The van der Waals surface area contributed by atoms with Crippen LogP contribution in [0.5, 0.6) is 0 Å². The summed E-state index contributed by atoms with van der Waals surface area (Å²) in [5.74, 6) is 0. The van der Waals surface area contributed by atoms with E-state index in [9.17, 15) is 0 Å². The van der Waals surface area contributed by atoms with E-state index in [1.165, 1.54) is 0 Å². The topological polar surface area (TPSA) is 0 Å². The molecule has 0 spiro atoms. The van der Waals surface area contributed by atoms with E-state index in [4.69, 9.17) is 0 Å². The fourth-order valence-corrected chi connectivity index (χ4v) is 0.658. The first-order chi connectivity index (χ1) is 5.57. The second-order valence-corrected chi connectivity index (χ2v) is 2.73. The Balaban J connectivity index is 4.23. The first kappa shape index (κ1) is 10.7. The fourth-order valence-electron chi connectivity index (χ4n) is 0.658. The van der Waals surface area contributed by atoms with Gasteiger partial charge in [0, 0.05) is 0 Å². The highest BCUT2D eigenvalue weighted by molar-refractivity contribution is 5.43. The SMILES string of the molecule is C=C(C)/C=C\C(=C)C(=C)/C=C\C. The van der Waals surface area contributed by atoms with E-state index >= 15 is 0 Å². The zero-order valence-corrected chi connectivity index (χ0v) is 7.93. The van der Waals surface area contributed by atoms with Crippen molar-refractivity contribution in [3.05, 3.63) is 60.8 Å². The lowest BCUT2D eigenvalue weighted by Crippen LogP contribution is -1.77. The van der Waals surface area contributed by atoms with Crippen molar-refractivity contribution in [3.63, 3.8) is 0 Å². The quantitative estimate of drug-likeness (QED) is 0.549. The molecular weight excluding hydrogens is 144 g/mol. The summed E-state index contributed by atoms with van der Waals surface area (Å²) in [5.41, 5.74) is 2.88. The van der Waals surface area contributed by atoms with Gasteiger partial charge in [-0.2, -0.15) is 0 Å². The highest BCUT2D eigenvalue weighted by Crippen LogP contribution is 2.08. The van der Waals surface area contributed by atoms with Crippen LogP contribution < -0.4 is 0 Å². The lowest BCUT2D eigenvalue weighted by molar-refractivity contribution is 1.52. The van der Waals surface area contributed by atoms with E-state index in [1.54, 1.807) is 0 Å². The van der Waals surface area contributed by atoms with Crippen molar-refractivity contribution in [2.45, 2.75) is 13.8 Å². The van der Waals surface area contributed by atoms with E-state index < -0.39 is 0 Å². The molecule has 0 saturated heterocycles. The summed E-state index contributed by atoms with van der Waals surface area (Å²) >= 11 is 0. The molecule has 0 N–H and O–H groups in total. The van der Waals surface area contributed by atoms with Gasteiger partial charge in [0.2, 0.25) is 0 Å². The first-order valence-corrected chi connectivity index (χ1v) is 3.92. The molecule has 0 unspecified atom stereocenters. The molecule has 0 aromatic carbocycles. The Morgan fingerprint density at radius 2 is 1.42 bits per heavy atom. The van der Waals surface area contributed by atoms with Gasteiger partial charge < -0.3 is 0 Å². The number of hydrogen-bond acceptors (Lipinski definition) is 0. The first-order valence-electron chi connectivity index (χ1n) is 3.92. The molecule has 0 saturated carbocycles. The second-order valence-electron chi connectivity index (χ2n) is 2.73. The van der Waals surface area contributed by atoms with Crippen molar-refractivity contribution in [2.24, 2.45) is 0 Å². The van der Waals surface area contributed by atoms with E-state index in [-0.39, 0.29) is 0 Å². The summed E-state index contributed by atoms with van der Waals surface area (Å²) in [5, 5.41) is 0. The molecule has 64 valence electrons. The Morgan fingerprint density at radius 3 is 1.83 bits per heavy atom. The van der Waals surface area contributed by atoms with E-state index in [1.807, 2.05) is 38.2 Å². The van der Waals surface area contributed by atoms with Gasteiger partial charge in [-0.05, 0) is 25.0 Å². The predicted molar refractivity (Wildman–Crippen MR) is 57.0 cm³/mol. The molecule has 0 amide bonds. The molecule has 0 aromatic heterocycles. The molecule has 0 aliphatic carbocycles. The third kappa shape index (κ3) is 4.51. The lowest BCUT2D eigenvalue weighted by atomic mass is 10.1. The number of hydrogen-bond donors (Lipinski definition) is 0. The summed E-state index contributed by atoms with van der Waals surface area (Å²) in [6, 6.07) is 0. The second kappa shape index (κ2) is 5.36. The zero-order chi connectivity index (χ0) is 9.56. The standard InChI is InChI=1S/C12H16/c1-6-7-11(4)12(5)9-8-10(2)3/h6-9H,2,4-5H2,1,3H3/b7-6-,9-8-. The maximum Gasteiger partial charge on any atom is -0.0262 e. The molecule has 12 heavy (non-hydrogen) atoms. The highest BCUT2D eigenvalue weighted by atomic mass is 13.9. The van der Waals surface area contributed by atoms with Gasteiger partial charge in [-0.1, -0.05) is 49.6 Å². The van der Waals surface area contributed by atoms with Crippen LogP contribution in [0, 0.1) is 0 Å². The van der Waals surface area contributed by atoms with Crippen LogP contribution in [0.3, 0.4) is 0 Å². The van der Waals surface area contributed by atoms with Gasteiger partial charge in [0.15, 0.2) is 0 Å². The summed E-state index contributed by atoms with van der Waals surface area (Å²) in [6.45, 7) is 15.4. The molecule has 0 heterocycles. The lowest BCUT2D eigenvalue weighted by Gasteiger charge is -1.97. The maximum atomic E-state index is 3.87. The fraction of sp³-hybridized carbons (Fsp3) is 0.167. The average molecular weight is 160 g/mol. The minimum Gasteiger partial charge on any atom is -0.0961 e. The monoisotopic (exact) mass is 160 g/mol. The molecule has 0 atom stereocenters. The van der Waals surface area contributed by atoms with Gasteiger partial charge >= 0.3 is 0 Å². The smallest absolute Gasteiger partial charge is 0.0262 e. The summed E-state index contributed by atoms with van der Waals surface area (Å²) < 4.78 is 0. The normalized spacial score (nSPS) is 10.8. The number of rotatable bonds is 4. The molecule has 0 radical (unpaired) electrons. The largest absolute Gasteiger partial charge is 0.0961 e. The Labute approximate surface area is 75.3 Å². The third-order valence-electron chi connectivity index (χ3n) is 1.35. The van der Waals surface area contributed by atoms with Crippen LogP contribution in [-0.2, 0) is 0 Å². The Hall–Kier alpha value is -1.30. The Bertz CT molecular complexity index is 249. The van der Waals surface area contributed by atoms with Crippen LogP contribution in [0.2, 0.25) is 0 Å². The van der Waals surface area contributed by atoms with Crippen LogP contribution in [0.25, 0.3) is 0 Å². The summed E-state index contributed by atoms with van der Waals surface area (Å²) in [4.78, 5) is 0. The van der Waals surface area contributed by atoms with Crippen LogP contribution in [0.15, 0.2) is 60.8 Å². The molecule has 0 rings (SSSR count). The van der Waals surface area contributed by atoms with Crippen molar-refractivity contribution in [1.29, 1.82) is 0 Å². The Morgan fingerprint density at radius 1 is 0.917 bits per heavy atom. The van der Waals surface area contributed by atoms with Crippen molar-refractivity contribution in [1.82, 2.24) is 0 Å². The minimum absolute atomic E-state index is 0.927. The highest BCUT2D eigenvalue weighted by Gasteiger charge is 1.89. The van der Waals surface area contributed by atoms with Gasteiger partial charge in [-0.25, -0.2) is 0 Å². The third-order valence-corrected chi connectivity index (χ3v) is 1.35. The molecule has 0 bridgehead atoms. The molecule has 0 heteroatoms.